The number of rotatable bonds is 8. The van der Waals surface area contributed by atoms with Crippen molar-refractivity contribution in [2.75, 3.05) is 20.7 Å². The van der Waals surface area contributed by atoms with Gasteiger partial charge in [0.15, 0.2) is 6.04 Å². The molecule has 0 bridgehead atoms. The van der Waals surface area contributed by atoms with Crippen LogP contribution in [0.4, 0.5) is 18.0 Å². The Kier molecular flexibility index (Phi) is 9.37. The standard InChI is InChI=1S/C26H36F3N3O6/c1-15(30)19(14-37-25(36)31(2)17-8-4-5-9-17)22(33)20-11-12-21(23(32(20)3)26(27,28)29)38-18-10-6-7-16(13-18)24(34)35/h11-12,16-18,23H,4-10,13-14,30H2,1-3H3,(H,34,35)/t16-,18-,23?/m0/s1. The SMILES string of the molecule is CC(N)=C(COC(=O)N(C)C1CCCC1)C(=O)C1=CC=C(O[C@H]2CCC[C@H](C(=O)O)C2)C(C(F)(F)F)N1C. The fourth-order valence-corrected chi connectivity index (χ4v) is 5.28. The summed E-state index contributed by atoms with van der Waals surface area (Å²) < 4.78 is 53.5. The van der Waals surface area contributed by atoms with Crippen LogP contribution >= 0.6 is 0 Å². The smallest absolute Gasteiger partial charge is 0.416 e. The van der Waals surface area contributed by atoms with Gasteiger partial charge in [-0.1, -0.05) is 12.8 Å². The second-order valence-electron chi connectivity index (χ2n) is 10.2. The number of carboxylic acid groups (broad SMARTS) is 1. The van der Waals surface area contributed by atoms with Crippen LogP contribution in [-0.2, 0) is 19.1 Å². The summed E-state index contributed by atoms with van der Waals surface area (Å²) in [6.07, 6.45) is 1.45. The summed E-state index contributed by atoms with van der Waals surface area (Å²) in [5, 5.41) is 9.29. The maximum Gasteiger partial charge on any atom is 0.416 e. The lowest BCUT2D eigenvalue weighted by Gasteiger charge is -2.38. The molecule has 2 saturated carbocycles. The van der Waals surface area contributed by atoms with Gasteiger partial charge in [0.2, 0.25) is 5.78 Å². The highest BCUT2D eigenvalue weighted by atomic mass is 19.4. The Balaban J connectivity index is 1.78. The van der Waals surface area contributed by atoms with Gasteiger partial charge < -0.3 is 30.1 Å². The van der Waals surface area contributed by atoms with Crippen LogP contribution in [0.25, 0.3) is 0 Å². The first-order chi connectivity index (χ1) is 17.8. The van der Waals surface area contributed by atoms with Crippen LogP contribution in [-0.4, -0.2) is 77.8 Å². The van der Waals surface area contributed by atoms with Gasteiger partial charge in [0, 0.05) is 25.8 Å². The van der Waals surface area contributed by atoms with Crippen molar-refractivity contribution in [3.05, 3.63) is 34.9 Å². The highest BCUT2D eigenvalue weighted by molar-refractivity contribution is 6.08. The number of amides is 1. The quantitative estimate of drug-likeness (QED) is 0.439. The minimum atomic E-state index is -4.79. The second kappa shape index (κ2) is 12.1. The number of carboxylic acids is 1. The van der Waals surface area contributed by atoms with Crippen molar-refractivity contribution < 1.29 is 42.1 Å². The molecule has 2 fully saturated rings. The van der Waals surface area contributed by atoms with Crippen LogP contribution in [0.5, 0.6) is 0 Å². The van der Waals surface area contributed by atoms with Crippen molar-refractivity contribution in [3.63, 3.8) is 0 Å². The highest BCUT2D eigenvalue weighted by Crippen LogP contribution is 2.38. The van der Waals surface area contributed by atoms with Crippen LogP contribution in [0.3, 0.4) is 0 Å². The first kappa shape index (κ1) is 29.4. The number of nitrogens with two attached hydrogens (primary N) is 1. The van der Waals surface area contributed by atoms with Crippen LogP contribution in [0, 0.1) is 5.92 Å². The van der Waals surface area contributed by atoms with E-state index in [2.05, 4.69) is 0 Å². The van der Waals surface area contributed by atoms with Gasteiger partial charge in [-0.15, -0.1) is 0 Å². The number of carbonyl (C=O) groups excluding carboxylic acids is 2. The number of ether oxygens (including phenoxy) is 2. The molecule has 0 spiro atoms. The summed E-state index contributed by atoms with van der Waals surface area (Å²) in [6, 6.07) is -2.21. The molecule has 212 valence electrons. The molecular formula is C26H36F3N3O6. The lowest BCUT2D eigenvalue weighted by Crippen LogP contribution is -2.48. The predicted molar refractivity (Wildman–Crippen MR) is 132 cm³/mol. The third-order valence-corrected chi connectivity index (χ3v) is 7.51. The number of Topliss-reactive ketones (excluding diaryl/α,β-unsaturated/α-hetero) is 1. The van der Waals surface area contributed by atoms with Crippen molar-refractivity contribution in [2.45, 2.75) is 82.7 Å². The van der Waals surface area contributed by atoms with Gasteiger partial charge in [-0.3, -0.25) is 9.59 Å². The molecule has 0 aromatic rings. The van der Waals surface area contributed by atoms with E-state index in [4.69, 9.17) is 15.2 Å². The number of allylic oxidation sites excluding steroid dienone is 4. The van der Waals surface area contributed by atoms with E-state index in [0.717, 1.165) is 43.7 Å². The molecule has 1 heterocycles. The van der Waals surface area contributed by atoms with Gasteiger partial charge >= 0.3 is 18.2 Å². The fraction of sp³-hybridized carbons (Fsp3) is 0.654. The number of likely N-dealkylation sites (N-methyl/N-ethyl adjacent to an activating group) is 1. The van der Waals surface area contributed by atoms with Crippen LogP contribution in [0.1, 0.15) is 58.3 Å². The second-order valence-corrected chi connectivity index (χ2v) is 10.2. The Morgan fingerprint density at radius 2 is 1.79 bits per heavy atom. The van der Waals surface area contributed by atoms with Gasteiger partial charge in [-0.25, -0.2) is 4.79 Å². The molecule has 3 atom stereocenters. The molecule has 2 aliphatic carbocycles. The zero-order valence-electron chi connectivity index (χ0n) is 21.9. The molecule has 9 nitrogen and oxygen atoms in total. The average molecular weight is 544 g/mol. The topological polar surface area (TPSA) is 122 Å². The fourth-order valence-electron chi connectivity index (χ4n) is 5.28. The van der Waals surface area contributed by atoms with Crippen LogP contribution < -0.4 is 5.73 Å². The Morgan fingerprint density at radius 1 is 1.13 bits per heavy atom. The number of halogens is 3. The third-order valence-electron chi connectivity index (χ3n) is 7.51. The zero-order chi connectivity index (χ0) is 28.2. The predicted octanol–water partition coefficient (Wildman–Crippen LogP) is 4.10. The van der Waals surface area contributed by atoms with Crippen LogP contribution in [0.2, 0.25) is 0 Å². The molecule has 12 heteroatoms. The third kappa shape index (κ3) is 6.82. The lowest BCUT2D eigenvalue weighted by atomic mass is 9.87. The summed E-state index contributed by atoms with van der Waals surface area (Å²) in [5.74, 6) is -2.88. The van der Waals surface area contributed by atoms with Gasteiger partial charge in [0.05, 0.1) is 23.3 Å². The Hall–Kier alpha value is -3.18. The minimum Gasteiger partial charge on any atom is -0.492 e. The van der Waals surface area contributed by atoms with E-state index in [1.165, 1.54) is 17.9 Å². The minimum absolute atomic E-state index is 0.0251. The first-order valence-corrected chi connectivity index (χ1v) is 12.8. The number of alkyl halides is 3. The molecule has 0 radical (unpaired) electrons. The van der Waals surface area contributed by atoms with E-state index < -0.39 is 54.5 Å². The summed E-state index contributed by atoms with van der Waals surface area (Å²) in [4.78, 5) is 39.4. The summed E-state index contributed by atoms with van der Waals surface area (Å²) >= 11 is 0. The van der Waals surface area contributed by atoms with Gasteiger partial charge in [-0.05, 0) is 57.6 Å². The Labute approximate surface area is 220 Å². The molecule has 3 N–H and O–H groups in total. The number of hydrogen-bond acceptors (Lipinski definition) is 7. The molecule has 3 rings (SSSR count). The maximum atomic E-state index is 14.2. The summed E-state index contributed by atoms with van der Waals surface area (Å²) in [6.45, 7) is 0.934. The van der Waals surface area contributed by atoms with E-state index in [0.29, 0.717) is 19.3 Å². The van der Waals surface area contributed by atoms with Gasteiger partial charge in [-0.2, -0.15) is 13.2 Å². The number of nitrogens with zero attached hydrogens (tertiary/aromatic N) is 2. The van der Waals surface area contributed by atoms with Crippen molar-refractivity contribution in [1.82, 2.24) is 9.80 Å². The van der Waals surface area contributed by atoms with Gasteiger partial charge in [0.1, 0.15) is 12.4 Å². The van der Waals surface area contributed by atoms with Crippen molar-refractivity contribution in [3.8, 4) is 0 Å². The molecule has 0 aromatic carbocycles. The molecular weight excluding hydrogens is 507 g/mol. The molecule has 0 saturated heterocycles. The Morgan fingerprint density at radius 3 is 2.37 bits per heavy atom. The zero-order valence-corrected chi connectivity index (χ0v) is 21.9. The van der Waals surface area contributed by atoms with E-state index in [-0.39, 0.29) is 29.4 Å². The highest BCUT2D eigenvalue weighted by Gasteiger charge is 2.49. The number of hydrogen-bond donors (Lipinski definition) is 2. The summed E-state index contributed by atoms with van der Waals surface area (Å²) in [7, 11) is 2.74. The summed E-state index contributed by atoms with van der Waals surface area (Å²) in [5.41, 5.74) is 5.50. The van der Waals surface area contributed by atoms with Gasteiger partial charge in [0.25, 0.3) is 0 Å². The molecule has 1 amide bonds. The van der Waals surface area contributed by atoms with E-state index in [9.17, 15) is 32.7 Å². The number of ketones is 1. The molecule has 38 heavy (non-hydrogen) atoms. The Bertz CT molecular complexity index is 1010. The molecule has 3 aliphatic rings. The average Bonchev–Trinajstić information content (AvgIpc) is 3.37. The number of aliphatic carboxylic acids is 1. The van der Waals surface area contributed by atoms with Crippen molar-refractivity contribution in [2.24, 2.45) is 11.7 Å². The molecule has 1 aliphatic heterocycles. The van der Waals surface area contributed by atoms with E-state index in [1.807, 2.05) is 0 Å². The van der Waals surface area contributed by atoms with Crippen molar-refractivity contribution in [1.29, 1.82) is 0 Å². The lowest BCUT2D eigenvalue weighted by molar-refractivity contribution is -0.179. The number of carbonyl (C=O) groups is 3. The largest absolute Gasteiger partial charge is 0.492 e. The first-order valence-electron chi connectivity index (χ1n) is 12.8. The maximum absolute atomic E-state index is 14.2. The van der Waals surface area contributed by atoms with Crippen molar-refractivity contribution >= 4 is 17.8 Å². The molecule has 1 unspecified atom stereocenters. The molecule has 0 aromatic heterocycles. The van der Waals surface area contributed by atoms with E-state index >= 15 is 0 Å². The normalized spacial score (nSPS) is 25.2. The van der Waals surface area contributed by atoms with E-state index in [1.54, 1.807) is 7.05 Å². The monoisotopic (exact) mass is 543 g/mol. The van der Waals surface area contributed by atoms with Crippen LogP contribution in [0.15, 0.2) is 34.9 Å².